The van der Waals surface area contributed by atoms with E-state index in [0.29, 0.717) is 0 Å². The molecule has 0 saturated carbocycles. The fourth-order valence-electron chi connectivity index (χ4n) is 1.95. The van der Waals surface area contributed by atoms with Crippen LogP contribution in [0.3, 0.4) is 0 Å². The van der Waals surface area contributed by atoms with Crippen molar-refractivity contribution < 1.29 is 4.80 Å². The lowest BCUT2D eigenvalue weighted by Crippen LogP contribution is -2.72. The molecule has 0 radical (unpaired) electrons. The summed E-state index contributed by atoms with van der Waals surface area (Å²) in [6.45, 7) is 12.9. The van der Waals surface area contributed by atoms with Crippen LogP contribution < -0.4 is 5.43 Å². The lowest BCUT2D eigenvalue weighted by molar-refractivity contribution is 0.0872. The van der Waals surface area contributed by atoms with Gasteiger partial charge in [0.1, 0.15) is 0 Å². The number of hydrogen-bond acceptors (Lipinski definition) is 3. The van der Waals surface area contributed by atoms with E-state index in [2.05, 4.69) is 51.6 Å². The van der Waals surface area contributed by atoms with Crippen LogP contribution in [-0.2, 0) is 0 Å². The Hall–Kier alpha value is 0.0969. The van der Waals surface area contributed by atoms with Crippen molar-refractivity contribution in [1.29, 1.82) is 0 Å². The summed E-state index contributed by atoms with van der Waals surface area (Å²) in [5, 5.41) is 0. The molecule has 90 valence electrons. The Kier molecular flexibility index (Phi) is 3.37. The predicted molar refractivity (Wildman–Crippen MR) is 66.7 cm³/mol. The SMILES string of the molecule is CC(C)(C)NN(C(C)(C)C)[Si]1(O)CCC1. The van der Waals surface area contributed by atoms with Crippen LogP contribution in [0.15, 0.2) is 0 Å². The maximum absolute atomic E-state index is 10.6. The van der Waals surface area contributed by atoms with Crippen LogP contribution in [0.4, 0.5) is 0 Å². The van der Waals surface area contributed by atoms with Gasteiger partial charge in [-0.15, -0.1) is 0 Å². The number of nitrogens with zero attached hydrogens (tertiary/aromatic N) is 1. The molecule has 0 aromatic carbocycles. The minimum Gasteiger partial charge on any atom is -0.418 e. The predicted octanol–water partition coefficient (Wildman–Crippen LogP) is 2.23. The second kappa shape index (κ2) is 3.84. The lowest BCUT2D eigenvalue weighted by atomic mass is 10.1. The smallest absolute Gasteiger partial charge is 0.282 e. The first-order valence-electron chi connectivity index (χ1n) is 5.85. The van der Waals surface area contributed by atoms with Gasteiger partial charge in [0.2, 0.25) is 0 Å². The molecule has 0 bridgehead atoms. The molecule has 1 fully saturated rings. The van der Waals surface area contributed by atoms with Gasteiger partial charge in [0.25, 0.3) is 8.48 Å². The first kappa shape index (κ1) is 13.2. The maximum Gasteiger partial charge on any atom is 0.282 e. The number of nitrogens with one attached hydrogen (secondary N) is 1. The highest BCUT2D eigenvalue weighted by Gasteiger charge is 2.50. The Labute approximate surface area is 95.0 Å². The van der Waals surface area contributed by atoms with Crippen LogP contribution >= 0.6 is 0 Å². The summed E-state index contributed by atoms with van der Waals surface area (Å²) in [7, 11) is -2.15. The van der Waals surface area contributed by atoms with Gasteiger partial charge in [-0.3, -0.25) is 5.43 Å². The lowest BCUT2D eigenvalue weighted by Gasteiger charge is -2.52. The van der Waals surface area contributed by atoms with Crippen molar-refractivity contribution >= 4 is 8.48 Å². The molecule has 0 amide bonds. The zero-order chi connectivity index (χ0) is 11.9. The second-order valence-corrected chi connectivity index (χ2v) is 10.1. The molecule has 0 unspecified atom stereocenters. The van der Waals surface area contributed by atoms with Gasteiger partial charge in [-0.1, -0.05) is 6.42 Å². The molecule has 1 aliphatic rings. The van der Waals surface area contributed by atoms with E-state index in [-0.39, 0.29) is 11.1 Å². The van der Waals surface area contributed by atoms with Gasteiger partial charge < -0.3 is 4.80 Å². The van der Waals surface area contributed by atoms with Gasteiger partial charge in [0, 0.05) is 11.1 Å². The first-order valence-corrected chi connectivity index (χ1v) is 8.16. The van der Waals surface area contributed by atoms with E-state index in [4.69, 9.17) is 0 Å². The van der Waals surface area contributed by atoms with Crippen LogP contribution in [0.5, 0.6) is 0 Å². The molecule has 4 heteroatoms. The average Bonchev–Trinajstić information content (AvgIpc) is 1.92. The van der Waals surface area contributed by atoms with Crippen LogP contribution in [0, 0.1) is 0 Å². The molecule has 2 N–H and O–H groups in total. The third-order valence-electron chi connectivity index (χ3n) is 2.69. The van der Waals surface area contributed by atoms with E-state index in [1.165, 1.54) is 6.42 Å². The van der Waals surface area contributed by atoms with Gasteiger partial charge in [-0.25, -0.2) is 4.67 Å². The fraction of sp³-hybridized carbons (Fsp3) is 1.00. The van der Waals surface area contributed by atoms with E-state index in [0.717, 1.165) is 12.1 Å². The molecule has 3 nitrogen and oxygen atoms in total. The van der Waals surface area contributed by atoms with E-state index in [1.54, 1.807) is 0 Å². The standard InChI is InChI=1S/C11H26N2OSi/c1-10(2,3)12-13(11(4,5)6)15(14)8-7-9-15/h12,14H,7-9H2,1-6H3. The average molecular weight is 230 g/mol. The van der Waals surface area contributed by atoms with Gasteiger partial charge in [0.05, 0.1) is 0 Å². The molecule has 0 atom stereocenters. The van der Waals surface area contributed by atoms with E-state index >= 15 is 0 Å². The summed E-state index contributed by atoms with van der Waals surface area (Å²) >= 11 is 0. The van der Waals surface area contributed by atoms with Crippen molar-refractivity contribution in [3.8, 4) is 0 Å². The first-order chi connectivity index (χ1) is 6.55. The molecule has 0 spiro atoms. The van der Waals surface area contributed by atoms with Crippen molar-refractivity contribution in [2.75, 3.05) is 0 Å². The molecule has 1 aliphatic heterocycles. The molecule has 0 aromatic heterocycles. The van der Waals surface area contributed by atoms with E-state index < -0.39 is 8.48 Å². The van der Waals surface area contributed by atoms with E-state index in [9.17, 15) is 4.80 Å². The minimum absolute atomic E-state index is 0.00529. The van der Waals surface area contributed by atoms with Gasteiger partial charge >= 0.3 is 0 Å². The van der Waals surface area contributed by atoms with Crippen LogP contribution in [0.2, 0.25) is 12.1 Å². The Morgan fingerprint density at radius 3 is 1.73 bits per heavy atom. The van der Waals surface area contributed by atoms with Crippen LogP contribution in [0.25, 0.3) is 0 Å². The van der Waals surface area contributed by atoms with Gasteiger partial charge in [0.15, 0.2) is 0 Å². The van der Waals surface area contributed by atoms with E-state index in [1.807, 2.05) is 0 Å². The Balaban J connectivity index is 2.79. The molecule has 0 aromatic rings. The zero-order valence-electron chi connectivity index (χ0n) is 11.0. The summed E-state index contributed by atoms with van der Waals surface area (Å²) in [6.07, 6.45) is 1.18. The molecule has 0 aliphatic carbocycles. The topological polar surface area (TPSA) is 35.5 Å². The van der Waals surface area contributed by atoms with Gasteiger partial charge in [-0.2, -0.15) is 0 Å². The fourth-order valence-corrected chi connectivity index (χ4v) is 5.17. The summed E-state index contributed by atoms with van der Waals surface area (Å²) in [6, 6.07) is 2.01. The number of hydrogen-bond donors (Lipinski definition) is 2. The highest BCUT2D eigenvalue weighted by atomic mass is 28.4. The normalized spacial score (nSPS) is 21.6. The van der Waals surface area contributed by atoms with Crippen LogP contribution in [0.1, 0.15) is 48.0 Å². The quantitative estimate of drug-likeness (QED) is 0.564. The van der Waals surface area contributed by atoms with Gasteiger partial charge in [-0.05, 0) is 53.6 Å². The highest BCUT2D eigenvalue weighted by Crippen LogP contribution is 2.36. The molecule has 1 heterocycles. The molecule has 1 rings (SSSR count). The molecular weight excluding hydrogens is 204 g/mol. The Bertz CT molecular complexity index is 226. The summed E-state index contributed by atoms with van der Waals surface area (Å²) in [4.78, 5) is 10.6. The van der Waals surface area contributed by atoms with Crippen molar-refractivity contribution in [3.05, 3.63) is 0 Å². The molecule has 1 saturated heterocycles. The maximum atomic E-state index is 10.6. The summed E-state index contributed by atoms with van der Waals surface area (Å²) in [5.74, 6) is 0. The molecular formula is C11H26N2OSi. The third-order valence-corrected chi connectivity index (χ3v) is 6.61. The third kappa shape index (κ3) is 3.28. The van der Waals surface area contributed by atoms with Crippen molar-refractivity contribution in [3.63, 3.8) is 0 Å². The minimum atomic E-state index is -2.15. The zero-order valence-corrected chi connectivity index (χ0v) is 12.0. The molecule has 15 heavy (non-hydrogen) atoms. The van der Waals surface area contributed by atoms with Crippen molar-refractivity contribution in [2.45, 2.75) is 71.1 Å². The second-order valence-electron chi connectivity index (χ2n) is 6.70. The van der Waals surface area contributed by atoms with Crippen molar-refractivity contribution in [2.24, 2.45) is 0 Å². The number of hydrazine groups is 1. The number of rotatable bonds is 2. The van der Waals surface area contributed by atoms with Crippen LogP contribution in [-0.4, -0.2) is 29.0 Å². The van der Waals surface area contributed by atoms with Crippen molar-refractivity contribution in [1.82, 2.24) is 10.1 Å². The highest BCUT2D eigenvalue weighted by molar-refractivity contribution is 6.72. The largest absolute Gasteiger partial charge is 0.418 e. The Morgan fingerprint density at radius 2 is 1.53 bits per heavy atom. The summed E-state index contributed by atoms with van der Waals surface area (Å²) < 4.78 is 2.17. The summed E-state index contributed by atoms with van der Waals surface area (Å²) in [5.41, 5.74) is 3.50. The Morgan fingerprint density at radius 1 is 1.07 bits per heavy atom. The monoisotopic (exact) mass is 230 g/mol.